The zero-order chi connectivity index (χ0) is 25.2. The van der Waals surface area contributed by atoms with E-state index in [2.05, 4.69) is 10.3 Å². The van der Waals surface area contributed by atoms with Crippen LogP contribution in [0.1, 0.15) is 30.1 Å². The van der Waals surface area contributed by atoms with Crippen LogP contribution in [0.5, 0.6) is 0 Å². The highest BCUT2D eigenvalue weighted by Crippen LogP contribution is 2.29. The van der Waals surface area contributed by atoms with Crippen molar-refractivity contribution in [1.29, 1.82) is 0 Å². The summed E-state index contributed by atoms with van der Waals surface area (Å²) in [6.45, 7) is 2.78. The minimum atomic E-state index is -0.683. The molecule has 0 aliphatic carbocycles. The number of halogens is 2. The Balaban J connectivity index is 1.21. The van der Waals surface area contributed by atoms with Gasteiger partial charge in [0.1, 0.15) is 17.2 Å². The summed E-state index contributed by atoms with van der Waals surface area (Å²) in [5, 5.41) is 2.49. The molecule has 6 nitrogen and oxygen atoms in total. The molecule has 1 fully saturated rings. The standard InChI is InChI=1S/C28H25F2N3O3/c1-17(26(34)31-23-16-21(29)8-9-22(23)30)18-11-13-33(14-12-18)28(35)20-7-10-25-24(15-20)32-27(36-25)19-5-3-2-4-6-19/h2-10,15-18H,11-14H2,1H3,(H,31,34). The zero-order valence-electron chi connectivity index (χ0n) is 19.7. The molecule has 0 radical (unpaired) electrons. The molecule has 2 amide bonds. The van der Waals surface area contributed by atoms with Crippen molar-refractivity contribution in [3.05, 3.63) is 83.9 Å². The van der Waals surface area contributed by atoms with Gasteiger partial charge in [0, 0.05) is 36.2 Å². The lowest BCUT2D eigenvalue weighted by Crippen LogP contribution is -2.41. The number of oxazole rings is 1. The molecule has 4 aromatic rings. The molecule has 2 heterocycles. The van der Waals surface area contributed by atoms with Gasteiger partial charge in [0.25, 0.3) is 5.91 Å². The van der Waals surface area contributed by atoms with Crippen LogP contribution < -0.4 is 5.32 Å². The summed E-state index contributed by atoms with van der Waals surface area (Å²) in [6, 6.07) is 17.8. The third kappa shape index (κ3) is 4.84. The van der Waals surface area contributed by atoms with Gasteiger partial charge in [-0.15, -0.1) is 0 Å². The number of carbonyl (C=O) groups is 2. The summed E-state index contributed by atoms with van der Waals surface area (Å²) in [7, 11) is 0. The van der Waals surface area contributed by atoms with Crippen LogP contribution in [0.2, 0.25) is 0 Å². The van der Waals surface area contributed by atoms with Gasteiger partial charge in [-0.3, -0.25) is 9.59 Å². The third-order valence-corrected chi connectivity index (χ3v) is 6.79. The molecule has 1 saturated heterocycles. The number of rotatable bonds is 5. The average molecular weight is 490 g/mol. The van der Waals surface area contributed by atoms with E-state index >= 15 is 0 Å². The fourth-order valence-corrected chi connectivity index (χ4v) is 4.60. The minimum Gasteiger partial charge on any atom is -0.436 e. The van der Waals surface area contributed by atoms with E-state index in [1.54, 1.807) is 30.0 Å². The Morgan fingerprint density at radius 2 is 1.78 bits per heavy atom. The number of nitrogens with zero attached hydrogens (tertiary/aromatic N) is 2. The van der Waals surface area contributed by atoms with Gasteiger partial charge in [-0.05, 0) is 61.2 Å². The van der Waals surface area contributed by atoms with E-state index in [0.29, 0.717) is 48.5 Å². The van der Waals surface area contributed by atoms with Crippen molar-refractivity contribution in [3.63, 3.8) is 0 Å². The number of nitrogens with one attached hydrogen (secondary N) is 1. The second kappa shape index (κ2) is 9.89. The van der Waals surface area contributed by atoms with Crippen molar-refractivity contribution in [3.8, 4) is 11.5 Å². The van der Waals surface area contributed by atoms with Crippen molar-refractivity contribution in [2.45, 2.75) is 19.8 Å². The summed E-state index contributed by atoms with van der Waals surface area (Å²) in [5.74, 6) is -1.65. The van der Waals surface area contributed by atoms with Gasteiger partial charge in [-0.2, -0.15) is 0 Å². The summed E-state index contributed by atoms with van der Waals surface area (Å²) in [6.07, 6.45) is 1.27. The predicted octanol–water partition coefficient (Wildman–Crippen LogP) is 5.90. The number of fused-ring (bicyclic) bond motifs is 1. The van der Waals surface area contributed by atoms with Crippen molar-refractivity contribution in [2.75, 3.05) is 18.4 Å². The van der Waals surface area contributed by atoms with E-state index in [1.807, 2.05) is 30.3 Å². The van der Waals surface area contributed by atoms with Crippen molar-refractivity contribution in [2.24, 2.45) is 11.8 Å². The molecule has 1 unspecified atom stereocenters. The van der Waals surface area contributed by atoms with Crippen molar-refractivity contribution >= 4 is 28.6 Å². The molecule has 5 rings (SSSR count). The maximum Gasteiger partial charge on any atom is 0.253 e. The monoisotopic (exact) mass is 489 g/mol. The third-order valence-electron chi connectivity index (χ3n) is 6.79. The van der Waals surface area contributed by atoms with Crippen molar-refractivity contribution < 1.29 is 22.8 Å². The molecule has 3 aromatic carbocycles. The van der Waals surface area contributed by atoms with E-state index in [4.69, 9.17) is 4.42 Å². The number of aromatic nitrogens is 1. The number of hydrogen-bond donors (Lipinski definition) is 1. The molecule has 36 heavy (non-hydrogen) atoms. The summed E-state index contributed by atoms with van der Waals surface area (Å²) < 4.78 is 33.1. The first-order valence-electron chi connectivity index (χ1n) is 11.9. The number of carbonyl (C=O) groups excluding carboxylic acids is 2. The van der Waals surface area contributed by atoms with Gasteiger partial charge >= 0.3 is 0 Å². The molecule has 0 bridgehead atoms. The number of anilines is 1. The first-order chi connectivity index (χ1) is 17.4. The number of hydrogen-bond acceptors (Lipinski definition) is 4. The van der Waals surface area contributed by atoms with Crippen LogP contribution in [0.3, 0.4) is 0 Å². The lowest BCUT2D eigenvalue weighted by molar-refractivity contribution is -0.121. The average Bonchev–Trinajstić information content (AvgIpc) is 3.34. The maximum absolute atomic E-state index is 13.9. The first kappa shape index (κ1) is 23.7. The second-order valence-corrected chi connectivity index (χ2v) is 9.10. The van der Waals surface area contributed by atoms with E-state index in [-0.39, 0.29) is 23.4 Å². The summed E-state index contributed by atoms with van der Waals surface area (Å²) in [5.41, 5.74) is 2.45. The van der Waals surface area contributed by atoms with Gasteiger partial charge in [-0.1, -0.05) is 25.1 Å². The molecule has 1 atom stereocenters. The number of piperidine rings is 1. The van der Waals surface area contributed by atoms with Gasteiger partial charge in [0.15, 0.2) is 5.58 Å². The van der Waals surface area contributed by atoms with Gasteiger partial charge in [-0.25, -0.2) is 13.8 Å². The zero-order valence-corrected chi connectivity index (χ0v) is 19.7. The molecule has 1 aliphatic heterocycles. The van der Waals surface area contributed by atoms with Crippen LogP contribution in [-0.4, -0.2) is 34.8 Å². The lowest BCUT2D eigenvalue weighted by atomic mass is 9.84. The van der Waals surface area contributed by atoms with Crippen LogP contribution in [0, 0.1) is 23.5 Å². The fourth-order valence-electron chi connectivity index (χ4n) is 4.60. The van der Waals surface area contributed by atoms with Crippen molar-refractivity contribution in [1.82, 2.24) is 9.88 Å². The van der Waals surface area contributed by atoms with E-state index in [1.165, 1.54) is 0 Å². The lowest BCUT2D eigenvalue weighted by Gasteiger charge is -2.34. The fraction of sp³-hybridized carbons (Fsp3) is 0.250. The largest absolute Gasteiger partial charge is 0.436 e. The Kier molecular flexibility index (Phi) is 6.50. The van der Waals surface area contributed by atoms with E-state index in [9.17, 15) is 18.4 Å². The highest BCUT2D eigenvalue weighted by molar-refractivity contribution is 5.97. The number of benzene rings is 3. The molecule has 0 saturated carbocycles. The van der Waals surface area contributed by atoms with Gasteiger partial charge in [0.2, 0.25) is 11.8 Å². The Morgan fingerprint density at radius 3 is 2.53 bits per heavy atom. The normalized spacial score (nSPS) is 15.1. The molecular weight excluding hydrogens is 464 g/mol. The number of likely N-dealkylation sites (tertiary alicyclic amines) is 1. The topological polar surface area (TPSA) is 75.4 Å². The minimum absolute atomic E-state index is 0.0251. The maximum atomic E-state index is 13.9. The van der Waals surface area contributed by atoms with Crippen LogP contribution in [0.4, 0.5) is 14.5 Å². The molecule has 184 valence electrons. The van der Waals surface area contributed by atoms with Crippen LogP contribution in [0.15, 0.2) is 71.1 Å². The molecule has 8 heteroatoms. The molecular formula is C28H25F2N3O3. The molecule has 0 spiro atoms. The van der Waals surface area contributed by atoms with Crippen LogP contribution in [-0.2, 0) is 4.79 Å². The Bertz CT molecular complexity index is 1410. The summed E-state index contributed by atoms with van der Waals surface area (Å²) in [4.78, 5) is 32.1. The van der Waals surface area contributed by atoms with E-state index < -0.39 is 17.6 Å². The Labute approximate surface area is 206 Å². The highest BCUT2D eigenvalue weighted by atomic mass is 19.1. The summed E-state index contributed by atoms with van der Waals surface area (Å²) >= 11 is 0. The van der Waals surface area contributed by atoms with Gasteiger partial charge in [0.05, 0.1) is 5.69 Å². The van der Waals surface area contributed by atoms with Gasteiger partial charge < -0.3 is 14.6 Å². The Morgan fingerprint density at radius 1 is 1.03 bits per heavy atom. The van der Waals surface area contributed by atoms with Crippen LogP contribution in [0.25, 0.3) is 22.6 Å². The first-order valence-corrected chi connectivity index (χ1v) is 11.9. The van der Waals surface area contributed by atoms with E-state index in [0.717, 1.165) is 23.8 Å². The second-order valence-electron chi connectivity index (χ2n) is 9.10. The quantitative estimate of drug-likeness (QED) is 0.379. The predicted molar refractivity (Wildman–Crippen MR) is 132 cm³/mol. The highest BCUT2D eigenvalue weighted by Gasteiger charge is 2.30. The smallest absolute Gasteiger partial charge is 0.253 e. The SMILES string of the molecule is CC(C(=O)Nc1cc(F)ccc1F)C1CCN(C(=O)c2ccc3oc(-c4ccccc4)nc3c2)CC1. The van der Waals surface area contributed by atoms with Crippen LogP contribution >= 0.6 is 0 Å². The Hall–Kier alpha value is -4.07. The molecule has 1 N–H and O–H groups in total. The molecule has 1 aromatic heterocycles. The molecule has 1 aliphatic rings. The number of amides is 2.